The molecule has 0 atom stereocenters. The lowest BCUT2D eigenvalue weighted by Gasteiger charge is -2.03. The third kappa shape index (κ3) is 5.70. The van der Waals surface area contributed by atoms with Gasteiger partial charge in [0.2, 0.25) is 0 Å². The van der Waals surface area contributed by atoms with Gasteiger partial charge in [0, 0.05) is 0 Å². The Labute approximate surface area is 133 Å². The molecular formula is C15H18N4O4. The molecule has 0 radical (unpaired) electrons. The van der Waals surface area contributed by atoms with Crippen LogP contribution in [-0.2, 0) is 14.3 Å². The first kappa shape index (κ1) is 18.0. The summed E-state index contributed by atoms with van der Waals surface area (Å²) in [4.78, 5) is 22.8. The first-order valence-electron chi connectivity index (χ1n) is 6.64. The van der Waals surface area contributed by atoms with Gasteiger partial charge < -0.3 is 9.47 Å². The summed E-state index contributed by atoms with van der Waals surface area (Å²) in [6.07, 6.45) is -0.766. The van der Waals surface area contributed by atoms with E-state index in [1.807, 2.05) is 30.3 Å². The zero-order chi connectivity index (χ0) is 17.2. The molecule has 0 aliphatic heterocycles. The monoisotopic (exact) mass is 318 g/mol. The molecule has 0 heterocycles. The molecule has 1 N–H and O–H groups in total. The molecule has 0 fully saturated rings. The summed E-state index contributed by atoms with van der Waals surface area (Å²) in [7, 11) is 2.41. The summed E-state index contributed by atoms with van der Waals surface area (Å²) in [5.74, 6) is -0.720. The number of hydrazone groups is 1. The first-order chi connectivity index (χ1) is 11.0. The molecule has 0 bridgehead atoms. The van der Waals surface area contributed by atoms with Crippen molar-refractivity contribution in [2.24, 2.45) is 15.3 Å². The van der Waals surface area contributed by atoms with Gasteiger partial charge in [0.05, 0.1) is 25.6 Å². The highest BCUT2D eigenvalue weighted by Gasteiger charge is 2.16. The lowest BCUT2D eigenvalue weighted by molar-refractivity contribution is -0.132. The molecule has 0 saturated heterocycles. The second-order valence-electron chi connectivity index (χ2n) is 4.29. The Bertz CT molecular complexity index is 651. The molecule has 122 valence electrons. The van der Waals surface area contributed by atoms with E-state index in [-0.39, 0.29) is 11.4 Å². The molecule has 0 unspecified atom stereocenters. The number of nitrogens with zero attached hydrogens (tertiary/aromatic N) is 3. The molecule has 1 amide bonds. The van der Waals surface area contributed by atoms with Crippen LogP contribution in [0.3, 0.4) is 0 Å². The fourth-order valence-electron chi connectivity index (χ4n) is 1.45. The van der Waals surface area contributed by atoms with E-state index in [1.165, 1.54) is 21.1 Å². The normalized spacial score (nSPS) is 12.6. The number of hydrogen-bond acceptors (Lipinski definition) is 7. The van der Waals surface area contributed by atoms with Gasteiger partial charge >= 0.3 is 12.1 Å². The van der Waals surface area contributed by atoms with E-state index in [9.17, 15) is 9.59 Å². The number of methoxy groups -OCH3 is 2. The molecule has 0 aliphatic rings. The van der Waals surface area contributed by atoms with Crippen LogP contribution in [0, 0.1) is 0 Å². The molecule has 1 rings (SSSR count). The van der Waals surface area contributed by atoms with Gasteiger partial charge in [0.1, 0.15) is 0 Å². The lowest BCUT2D eigenvalue weighted by atomic mass is 10.1. The third-order valence-corrected chi connectivity index (χ3v) is 2.71. The molecule has 23 heavy (non-hydrogen) atoms. The van der Waals surface area contributed by atoms with Gasteiger partial charge in [-0.15, -0.1) is 5.10 Å². The Kier molecular flexibility index (Phi) is 7.12. The van der Waals surface area contributed by atoms with Gasteiger partial charge in [-0.05, 0) is 19.4 Å². The molecule has 0 aromatic heterocycles. The maximum Gasteiger partial charge on any atom is 0.427 e. The predicted molar refractivity (Wildman–Crippen MR) is 86.8 cm³/mol. The predicted octanol–water partition coefficient (Wildman–Crippen LogP) is 1.76. The minimum absolute atomic E-state index is 0.126. The lowest BCUT2D eigenvalue weighted by Crippen LogP contribution is -2.27. The average Bonchev–Trinajstić information content (AvgIpc) is 2.59. The Morgan fingerprint density at radius 2 is 1.65 bits per heavy atom. The van der Waals surface area contributed by atoms with Crippen LogP contribution in [0.5, 0.6) is 0 Å². The smallest absolute Gasteiger partial charge is 0.427 e. The summed E-state index contributed by atoms with van der Waals surface area (Å²) in [5, 5.41) is 11.6. The summed E-state index contributed by atoms with van der Waals surface area (Å²) in [6.45, 7) is 3.24. The maximum absolute atomic E-state index is 11.8. The second-order valence-corrected chi connectivity index (χ2v) is 4.29. The Morgan fingerprint density at radius 1 is 1.00 bits per heavy atom. The fourth-order valence-corrected chi connectivity index (χ4v) is 1.45. The molecule has 1 aromatic rings. The number of ether oxygens (including phenoxy) is 2. The van der Waals surface area contributed by atoms with Crippen LogP contribution >= 0.6 is 0 Å². The summed E-state index contributed by atoms with van der Waals surface area (Å²) < 4.78 is 9.02. The Balaban J connectivity index is 3.06. The standard InChI is InChI=1S/C15H18N4O4/c1-10(12-8-6-5-7-9-12)16-18-13(14(20)22-3)11(2)17-19-15(21)23-4/h5-9H,1-4H3,(H,19,21)/b16-10+,17-11+,18-13-. The number of nitrogens with one attached hydrogen (secondary N) is 1. The van der Waals surface area contributed by atoms with Crippen molar-refractivity contribution in [1.82, 2.24) is 5.43 Å². The van der Waals surface area contributed by atoms with Gasteiger partial charge in [0.15, 0.2) is 5.71 Å². The van der Waals surface area contributed by atoms with Gasteiger partial charge in [-0.3, -0.25) is 0 Å². The largest absolute Gasteiger partial charge is 0.464 e. The Morgan fingerprint density at radius 3 is 2.22 bits per heavy atom. The second kappa shape index (κ2) is 9.08. The number of rotatable bonds is 5. The molecule has 1 aromatic carbocycles. The minimum atomic E-state index is -0.766. The fraction of sp³-hybridized carbons (Fsp3) is 0.267. The van der Waals surface area contributed by atoms with Crippen molar-refractivity contribution in [3.63, 3.8) is 0 Å². The van der Waals surface area contributed by atoms with E-state index in [4.69, 9.17) is 0 Å². The SMILES string of the molecule is COC(=O)N/N=C(C)/C(=N/N=C(\C)c1ccccc1)C(=O)OC. The van der Waals surface area contributed by atoms with Crippen molar-refractivity contribution in [3.05, 3.63) is 35.9 Å². The average molecular weight is 318 g/mol. The van der Waals surface area contributed by atoms with E-state index >= 15 is 0 Å². The van der Waals surface area contributed by atoms with Crippen LogP contribution < -0.4 is 5.43 Å². The zero-order valence-electron chi connectivity index (χ0n) is 13.4. The number of hydrogen-bond donors (Lipinski definition) is 1. The summed E-state index contributed by atoms with van der Waals surface area (Å²) in [5.41, 5.74) is 3.58. The van der Waals surface area contributed by atoms with Crippen LogP contribution in [0.15, 0.2) is 45.6 Å². The number of esters is 1. The van der Waals surface area contributed by atoms with Gasteiger partial charge in [-0.25, -0.2) is 15.0 Å². The van der Waals surface area contributed by atoms with Crippen molar-refractivity contribution in [2.45, 2.75) is 13.8 Å². The summed E-state index contributed by atoms with van der Waals surface area (Å²) >= 11 is 0. The van der Waals surface area contributed by atoms with E-state index in [1.54, 1.807) is 6.92 Å². The Hall–Kier alpha value is -3.03. The molecule has 0 spiro atoms. The number of carbonyl (C=O) groups is 2. The first-order valence-corrected chi connectivity index (χ1v) is 6.64. The van der Waals surface area contributed by atoms with Crippen LogP contribution in [0.2, 0.25) is 0 Å². The zero-order valence-corrected chi connectivity index (χ0v) is 13.4. The van der Waals surface area contributed by atoms with Crippen LogP contribution in [0.25, 0.3) is 0 Å². The van der Waals surface area contributed by atoms with E-state index in [0.717, 1.165) is 5.56 Å². The quantitative estimate of drug-likeness (QED) is 0.507. The van der Waals surface area contributed by atoms with Crippen LogP contribution in [0.4, 0.5) is 4.79 Å². The number of amides is 1. The van der Waals surface area contributed by atoms with Gasteiger partial charge in [-0.2, -0.15) is 10.2 Å². The molecule has 8 nitrogen and oxygen atoms in total. The van der Waals surface area contributed by atoms with E-state index in [2.05, 4.69) is 30.2 Å². The number of carbonyl (C=O) groups excluding carboxylic acids is 2. The van der Waals surface area contributed by atoms with E-state index in [0.29, 0.717) is 5.71 Å². The van der Waals surface area contributed by atoms with Crippen molar-refractivity contribution in [1.29, 1.82) is 0 Å². The molecular weight excluding hydrogens is 300 g/mol. The van der Waals surface area contributed by atoms with Crippen molar-refractivity contribution < 1.29 is 19.1 Å². The summed E-state index contributed by atoms with van der Waals surface area (Å²) in [6, 6.07) is 9.35. The highest BCUT2D eigenvalue weighted by Crippen LogP contribution is 2.01. The van der Waals surface area contributed by atoms with E-state index < -0.39 is 12.1 Å². The van der Waals surface area contributed by atoms with Crippen molar-refractivity contribution in [3.8, 4) is 0 Å². The maximum atomic E-state index is 11.8. The van der Waals surface area contributed by atoms with Gasteiger partial charge in [0.25, 0.3) is 0 Å². The third-order valence-electron chi connectivity index (χ3n) is 2.71. The highest BCUT2D eigenvalue weighted by atomic mass is 16.5. The van der Waals surface area contributed by atoms with Crippen LogP contribution in [0.1, 0.15) is 19.4 Å². The van der Waals surface area contributed by atoms with Crippen molar-refractivity contribution in [2.75, 3.05) is 14.2 Å². The number of benzene rings is 1. The molecule has 0 saturated carbocycles. The molecule has 8 heteroatoms. The highest BCUT2D eigenvalue weighted by molar-refractivity contribution is 6.65. The van der Waals surface area contributed by atoms with Gasteiger partial charge in [-0.1, -0.05) is 30.3 Å². The van der Waals surface area contributed by atoms with Crippen molar-refractivity contribution >= 4 is 29.2 Å². The molecule has 0 aliphatic carbocycles. The van der Waals surface area contributed by atoms with Crippen LogP contribution in [-0.4, -0.2) is 43.4 Å². The minimum Gasteiger partial charge on any atom is -0.464 e. The topological polar surface area (TPSA) is 102 Å².